The fourth-order valence-electron chi connectivity index (χ4n) is 2.87. The monoisotopic (exact) mass is 294 g/mol. The first-order chi connectivity index (χ1) is 9.88. The largest absolute Gasteiger partial charge is 0.494 e. The predicted molar refractivity (Wildman–Crippen MR) is 79.4 cm³/mol. The summed E-state index contributed by atoms with van der Waals surface area (Å²) in [5.41, 5.74) is 6.23. The van der Waals surface area contributed by atoms with Gasteiger partial charge in [0.1, 0.15) is 0 Å². The van der Waals surface area contributed by atoms with Crippen LogP contribution in [0, 0.1) is 11.2 Å². The summed E-state index contributed by atoms with van der Waals surface area (Å²) >= 11 is 0. The highest BCUT2D eigenvalue weighted by Gasteiger charge is 2.43. The number of hydrogen-bond acceptors (Lipinski definition) is 3. The van der Waals surface area contributed by atoms with Crippen molar-refractivity contribution in [3.63, 3.8) is 0 Å². The Morgan fingerprint density at radius 3 is 2.81 bits per heavy atom. The van der Waals surface area contributed by atoms with Crippen molar-refractivity contribution in [2.75, 3.05) is 7.11 Å². The van der Waals surface area contributed by atoms with Gasteiger partial charge in [0, 0.05) is 6.04 Å². The fourth-order valence-corrected chi connectivity index (χ4v) is 2.87. The van der Waals surface area contributed by atoms with Gasteiger partial charge < -0.3 is 15.8 Å². The summed E-state index contributed by atoms with van der Waals surface area (Å²) in [4.78, 5) is 12.5. The second kappa shape index (κ2) is 6.02. The van der Waals surface area contributed by atoms with Crippen molar-refractivity contribution in [2.45, 2.75) is 45.2 Å². The molecule has 0 bridgehead atoms. The van der Waals surface area contributed by atoms with E-state index in [1.807, 2.05) is 13.8 Å². The molecule has 0 spiro atoms. The molecule has 1 fully saturated rings. The topological polar surface area (TPSA) is 64.3 Å². The lowest BCUT2D eigenvalue weighted by atomic mass is 9.84. The summed E-state index contributed by atoms with van der Waals surface area (Å²) in [6.45, 7) is 3.74. The summed E-state index contributed by atoms with van der Waals surface area (Å²) in [6.07, 6.45) is 2.63. The van der Waals surface area contributed by atoms with Gasteiger partial charge in [0.05, 0.1) is 18.6 Å². The van der Waals surface area contributed by atoms with Gasteiger partial charge in [-0.3, -0.25) is 4.79 Å². The highest BCUT2D eigenvalue weighted by Crippen LogP contribution is 2.37. The van der Waals surface area contributed by atoms with E-state index in [9.17, 15) is 9.18 Å². The minimum absolute atomic E-state index is 0.0590. The number of benzene rings is 1. The Morgan fingerprint density at radius 1 is 1.57 bits per heavy atom. The molecule has 116 valence electrons. The van der Waals surface area contributed by atoms with Crippen LogP contribution in [0.15, 0.2) is 18.2 Å². The number of carbonyl (C=O) groups excluding carboxylic acids is 1. The minimum atomic E-state index is -0.528. The molecule has 3 unspecified atom stereocenters. The zero-order valence-electron chi connectivity index (χ0n) is 12.8. The van der Waals surface area contributed by atoms with Gasteiger partial charge in [0.2, 0.25) is 5.91 Å². The average Bonchev–Trinajstić information content (AvgIpc) is 2.79. The maximum absolute atomic E-state index is 13.7. The van der Waals surface area contributed by atoms with Crippen LogP contribution in [0.2, 0.25) is 0 Å². The molecular weight excluding hydrogens is 271 g/mol. The number of nitrogens with one attached hydrogen (secondary N) is 1. The van der Waals surface area contributed by atoms with Crippen LogP contribution in [0.5, 0.6) is 5.75 Å². The van der Waals surface area contributed by atoms with Crippen LogP contribution < -0.4 is 15.8 Å². The number of hydrogen-bond donors (Lipinski definition) is 2. The van der Waals surface area contributed by atoms with Crippen LogP contribution in [0.4, 0.5) is 4.39 Å². The van der Waals surface area contributed by atoms with Crippen molar-refractivity contribution >= 4 is 5.91 Å². The molecule has 1 aromatic carbocycles. The van der Waals surface area contributed by atoms with Crippen molar-refractivity contribution in [3.8, 4) is 5.75 Å². The molecule has 1 saturated carbocycles. The Bertz CT molecular complexity index is 535. The Morgan fingerprint density at radius 2 is 2.29 bits per heavy atom. The number of carbonyl (C=O) groups is 1. The summed E-state index contributed by atoms with van der Waals surface area (Å²) in [6, 6.07) is 4.32. The number of amides is 1. The first-order valence-electron chi connectivity index (χ1n) is 7.28. The van der Waals surface area contributed by atoms with Crippen LogP contribution in [-0.2, 0) is 4.79 Å². The quantitative estimate of drug-likeness (QED) is 0.897. The molecule has 0 radical (unpaired) electrons. The molecule has 0 aliphatic heterocycles. The van der Waals surface area contributed by atoms with Gasteiger partial charge in [0.15, 0.2) is 11.6 Å². The SMILES string of the molecule is COc1ccc(C(C)NC(=O)C2(C)CCCC2N)cc1F. The molecule has 21 heavy (non-hydrogen) atoms. The van der Waals surface area contributed by atoms with E-state index in [1.165, 1.54) is 13.2 Å². The van der Waals surface area contributed by atoms with Gasteiger partial charge in [0.25, 0.3) is 0 Å². The smallest absolute Gasteiger partial charge is 0.227 e. The molecule has 1 amide bonds. The zero-order valence-corrected chi connectivity index (χ0v) is 12.8. The van der Waals surface area contributed by atoms with E-state index in [-0.39, 0.29) is 23.7 Å². The number of ether oxygens (including phenoxy) is 1. The van der Waals surface area contributed by atoms with Gasteiger partial charge in [-0.15, -0.1) is 0 Å². The molecule has 1 aromatic rings. The van der Waals surface area contributed by atoms with Crippen LogP contribution in [-0.4, -0.2) is 19.1 Å². The maximum Gasteiger partial charge on any atom is 0.227 e. The molecule has 2 rings (SSSR count). The fraction of sp³-hybridized carbons (Fsp3) is 0.562. The Kier molecular flexibility index (Phi) is 4.52. The first kappa shape index (κ1) is 15.8. The summed E-state index contributed by atoms with van der Waals surface area (Å²) in [7, 11) is 1.42. The van der Waals surface area contributed by atoms with Crippen LogP contribution in [0.3, 0.4) is 0 Å². The summed E-state index contributed by atoms with van der Waals surface area (Å²) in [5.74, 6) is -0.293. The van der Waals surface area contributed by atoms with E-state index in [2.05, 4.69) is 5.32 Å². The Hall–Kier alpha value is -1.62. The number of nitrogens with two attached hydrogens (primary N) is 1. The molecule has 3 N–H and O–H groups in total. The third-order valence-corrected chi connectivity index (χ3v) is 4.57. The maximum atomic E-state index is 13.7. The lowest BCUT2D eigenvalue weighted by molar-refractivity contribution is -0.131. The van der Waals surface area contributed by atoms with E-state index in [0.29, 0.717) is 5.56 Å². The second-order valence-corrected chi connectivity index (χ2v) is 6.01. The molecule has 0 aromatic heterocycles. The average molecular weight is 294 g/mol. The van der Waals surface area contributed by atoms with Crippen LogP contribution >= 0.6 is 0 Å². The molecule has 5 heteroatoms. The first-order valence-corrected chi connectivity index (χ1v) is 7.28. The number of methoxy groups -OCH3 is 1. The van der Waals surface area contributed by atoms with Crippen molar-refractivity contribution in [2.24, 2.45) is 11.1 Å². The van der Waals surface area contributed by atoms with E-state index in [0.717, 1.165) is 19.3 Å². The minimum Gasteiger partial charge on any atom is -0.494 e. The lowest BCUT2D eigenvalue weighted by Gasteiger charge is -2.29. The standard InChI is InChI=1S/C16H23FN2O2/c1-10(11-6-7-13(21-3)12(17)9-11)19-15(20)16(2)8-4-5-14(16)18/h6-7,9-10,14H,4-5,8,18H2,1-3H3,(H,19,20). The van der Waals surface area contributed by atoms with Gasteiger partial charge in [-0.05, 0) is 44.4 Å². The van der Waals surface area contributed by atoms with E-state index >= 15 is 0 Å². The highest BCUT2D eigenvalue weighted by atomic mass is 19.1. The van der Waals surface area contributed by atoms with Gasteiger partial charge >= 0.3 is 0 Å². The van der Waals surface area contributed by atoms with Crippen molar-refractivity contribution < 1.29 is 13.9 Å². The molecule has 1 aliphatic rings. The van der Waals surface area contributed by atoms with Crippen LogP contribution in [0.1, 0.15) is 44.7 Å². The number of rotatable bonds is 4. The van der Waals surface area contributed by atoms with Gasteiger partial charge in [-0.2, -0.15) is 0 Å². The van der Waals surface area contributed by atoms with Crippen molar-refractivity contribution in [3.05, 3.63) is 29.6 Å². The van der Waals surface area contributed by atoms with Crippen LogP contribution in [0.25, 0.3) is 0 Å². The third-order valence-electron chi connectivity index (χ3n) is 4.57. The lowest BCUT2D eigenvalue weighted by Crippen LogP contribution is -2.47. The normalized spacial score (nSPS) is 26.4. The molecule has 4 nitrogen and oxygen atoms in total. The predicted octanol–water partition coefficient (Wildman–Crippen LogP) is 2.53. The molecule has 0 heterocycles. The van der Waals surface area contributed by atoms with E-state index in [4.69, 9.17) is 10.5 Å². The summed E-state index contributed by atoms with van der Waals surface area (Å²) in [5, 5.41) is 2.95. The molecule has 1 aliphatic carbocycles. The van der Waals surface area contributed by atoms with Crippen molar-refractivity contribution in [1.29, 1.82) is 0 Å². The molecule has 3 atom stereocenters. The Labute approximate surface area is 124 Å². The van der Waals surface area contributed by atoms with E-state index < -0.39 is 11.2 Å². The second-order valence-electron chi connectivity index (χ2n) is 6.01. The Balaban J connectivity index is 2.09. The third kappa shape index (κ3) is 3.02. The van der Waals surface area contributed by atoms with Gasteiger partial charge in [-0.1, -0.05) is 12.5 Å². The molecular formula is C16H23FN2O2. The molecule has 0 saturated heterocycles. The zero-order chi connectivity index (χ0) is 15.6. The summed E-state index contributed by atoms with van der Waals surface area (Å²) < 4.78 is 18.6. The number of halogens is 1. The van der Waals surface area contributed by atoms with Crippen molar-refractivity contribution in [1.82, 2.24) is 5.32 Å². The highest BCUT2D eigenvalue weighted by molar-refractivity contribution is 5.83. The van der Waals surface area contributed by atoms with E-state index in [1.54, 1.807) is 12.1 Å². The van der Waals surface area contributed by atoms with Gasteiger partial charge in [-0.25, -0.2) is 4.39 Å².